The van der Waals surface area contributed by atoms with Gasteiger partial charge in [0.1, 0.15) is 0 Å². The van der Waals surface area contributed by atoms with Gasteiger partial charge in [0.15, 0.2) is 5.03 Å². The van der Waals surface area contributed by atoms with Gasteiger partial charge in [0.05, 0.1) is 5.01 Å². The molecular weight excluding hydrogens is 310 g/mol. The summed E-state index contributed by atoms with van der Waals surface area (Å²) in [5, 5.41) is 10.8. The fourth-order valence-electron chi connectivity index (χ4n) is 1.83. The van der Waals surface area contributed by atoms with Crippen LogP contribution >= 0.6 is 11.3 Å². The first kappa shape index (κ1) is 16.1. The summed E-state index contributed by atoms with van der Waals surface area (Å²) in [7, 11) is -3.64. The molecule has 0 amide bonds. The quantitative estimate of drug-likeness (QED) is 0.705. The Labute approximate surface area is 128 Å². The number of hydrogen-bond donors (Lipinski definition) is 3. The lowest BCUT2D eigenvalue weighted by atomic mass is 10.2. The third-order valence-electron chi connectivity index (χ3n) is 2.95. The van der Waals surface area contributed by atoms with E-state index in [2.05, 4.69) is 25.2 Å². The molecule has 2 heterocycles. The van der Waals surface area contributed by atoms with Gasteiger partial charge in [-0.05, 0) is 20.4 Å². The number of nitrogens with one attached hydrogen (secondary N) is 3. The number of aromatic amines is 1. The highest BCUT2D eigenvalue weighted by Gasteiger charge is 2.23. The van der Waals surface area contributed by atoms with E-state index < -0.39 is 10.0 Å². The zero-order chi connectivity index (χ0) is 15.5. The molecule has 0 unspecified atom stereocenters. The number of nitrogens with zero attached hydrogens (tertiary/aromatic N) is 2. The molecule has 0 atom stereocenters. The monoisotopic (exact) mass is 329 g/mol. The first-order chi connectivity index (χ1) is 9.94. The molecule has 0 saturated heterocycles. The van der Waals surface area contributed by atoms with Gasteiger partial charge in [0.25, 0.3) is 10.0 Å². The summed E-state index contributed by atoms with van der Waals surface area (Å²) in [5.41, 5.74) is 1.43. The summed E-state index contributed by atoms with van der Waals surface area (Å²) < 4.78 is 27.3. The maximum Gasteiger partial charge on any atom is 0.260 e. The molecule has 116 valence electrons. The van der Waals surface area contributed by atoms with Gasteiger partial charge in [0, 0.05) is 35.4 Å². The van der Waals surface area contributed by atoms with Crippen molar-refractivity contribution in [3.05, 3.63) is 27.3 Å². The molecule has 21 heavy (non-hydrogen) atoms. The molecule has 7 nitrogen and oxygen atoms in total. The third-order valence-corrected chi connectivity index (χ3v) is 5.23. The summed E-state index contributed by atoms with van der Waals surface area (Å²) >= 11 is 1.47. The van der Waals surface area contributed by atoms with Crippen LogP contribution in [0.3, 0.4) is 0 Å². The highest BCUT2D eigenvalue weighted by Crippen LogP contribution is 2.17. The van der Waals surface area contributed by atoms with Gasteiger partial charge in [-0.3, -0.25) is 5.10 Å². The Morgan fingerprint density at radius 1 is 1.33 bits per heavy atom. The largest absolute Gasteiger partial charge is 0.313 e. The van der Waals surface area contributed by atoms with Crippen LogP contribution in [0.1, 0.15) is 28.1 Å². The van der Waals surface area contributed by atoms with Crippen molar-refractivity contribution in [1.29, 1.82) is 0 Å². The normalized spacial score (nSPS) is 12.0. The van der Waals surface area contributed by atoms with Crippen molar-refractivity contribution in [1.82, 2.24) is 25.2 Å². The van der Waals surface area contributed by atoms with Crippen LogP contribution in [0, 0.1) is 13.8 Å². The second-order valence-electron chi connectivity index (χ2n) is 4.58. The lowest BCUT2D eigenvalue weighted by Gasteiger charge is -2.06. The summed E-state index contributed by atoms with van der Waals surface area (Å²) in [6.07, 6.45) is 1.68. The van der Waals surface area contributed by atoms with Crippen molar-refractivity contribution in [2.24, 2.45) is 0 Å². The van der Waals surface area contributed by atoms with Crippen LogP contribution in [0.4, 0.5) is 0 Å². The average molecular weight is 329 g/mol. The SMILES string of the molecule is CCNCc1c(S(=O)(=O)NCc2cnc(C)s2)n[nH]c1C. The molecule has 0 aliphatic heterocycles. The molecule has 0 spiro atoms. The van der Waals surface area contributed by atoms with E-state index >= 15 is 0 Å². The second-order valence-corrected chi connectivity index (χ2v) is 7.58. The molecule has 0 fully saturated rings. The molecular formula is C12H19N5O2S2. The number of thiazole rings is 1. The molecule has 0 aliphatic rings. The molecule has 2 rings (SSSR count). The molecule has 9 heteroatoms. The lowest BCUT2D eigenvalue weighted by molar-refractivity contribution is 0.574. The Bertz CT molecular complexity index is 705. The van der Waals surface area contributed by atoms with Gasteiger partial charge < -0.3 is 5.32 Å². The Morgan fingerprint density at radius 2 is 2.10 bits per heavy atom. The average Bonchev–Trinajstić information content (AvgIpc) is 3.01. The van der Waals surface area contributed by atoms with E-state index in [9.17, 15) is 8.42 Å². The van der Waals surface area contributed by atoms with E-state index in [1.807, 2.05) is 20.8 Å². The summed E-state index contributed by atoms with van der Waals surface area (Å²) in [4.78, 5) is 4.98. The van der Waals surface area contributed by atoms with Crippen molar-refractivity contribution in [2.45, 2.75) is 38.9 Å². The standard InChI is InChI=1S/C12H19N5O2S2/c1-4-13-7-11-8(2)16-17-12(11)21(18,19)15-6-10-5-14-9(3)20-10/h5,13,15H,4,6-7H2,1-3H3,(H,16,17). The zero-order valence-electron chi connectivity index (χ0n) is 12.2. The maximum atomic E-state index is 12.4. The third kappa shape index (κ3) is 3.88. The van der Waals surface area contributed by atoms with Gasteiger partial charge in [0.2, 0.25) is 0 Å². The van der Waals surface area contributed by atoms with Crippen LogP contribution in [-0.2, 0) is 23.1 Å². The van der Waals surface area contributed by atoms with Crippen LogP contribution in [0.25, 0.3) is 0 Å². The Kier molecular flexibility index (Phi) is 5.09. The van der Waals surface area contributed by atoms with Gasteiger partial charge in [-0.2, -0.15) is 5.10 Å². The van der Waals surface area contributed by atoms with Crippen molar-refractivity contribution < 1.29 is 8.42 Å². The maximum absolute atomic E-state index is 12.4. The van der Waals surface area contributed by atoms with Crippen LogP contribution in [-0.4, -0.2) is 30.1 Å². The Balaban J connectivity index is 2.15. The van der Waals surface area contributed by atoms with E-state index in [1.54, 1.807) is 6.20 Å². The first-order valence-electron chi connectivity index (χ1n) is 6.59. The lowest BCUT2D eigenvalue weighted by Crippen LogP contribution is -2.25. The van der Waals surface area contributed by atoms with Gasteiger partial charge >= 0.3 is 0 Å². The number of aryl methyl sites for hydroxylation is 2. The van der Waals surface area contributed by atoms with Crippen molar-refractivity contribution in [3.8, 4) is 0 Å². The molecule has 0 aliphatic carbocycles. The first-order valence-corrected chi connectivity index (χ1v) is 8.89. The zero-order valence-corrected chi connectivity index (χ0v) is 13.9. The van der Waals surface area contributed by atoms with Crippen molar-refractivity contribution >= 4 is 21.4 Å². The molecule has 2 aromatic rings. The van der Waals surface area contributed by atoms with E-state index in [-0.39, 0.29) is 11.6 Å². The van der Waals surface area contributed by atoms with Gasteiger partial charge in [-0.1, -0.05) is 6.92 Å². The molecule has 2 aromatic heterocycles. The minimum atomic E-state index is -3.64. The van der Waals surface area contributed by atoms with Crippen molar-refractivity contribution in [2.75, 3.05) is 6.54 Å². The van der Waals surface area contributed by atoms with Crippen molar-refractivity contribution in [3.63, 3.8) is 0 Å². The number of sulfonamides is 1. The van der Waals surface area contributed by atoms with E-state index in [0.717, 1.165) is 22.1 Å². The van der Waals surface area contributed by atoms with Gasteiger partial charge in [-0.15, -0.1) is 11.3 Å². The van der Waals surface area contributed by atoms with E-state index in [1.165, 1.54) is 11.3 Å². The molecule has 0 aromatic carbocycles. The topological polar surface area (TPSA) is 99.8 Å². The highest BCUT2D eigenvalue weighted by atomic mass is 32.2. The number of hydrogen-bond acceptors (Lipinski definition) is 6. The predicted molar refractivity (Wildman–Crippen MR) is 81.6 cm³/mol. The highest BCUT2D eigenvalue weighted by molar-refractivity contribution is 7.89. The Hall–Kier alpha value is -1.29. The van der Waals surface area contributed by atoms with Crippen LogP contribution in [0.2, 0.25) is 0 Å². The fraction of sp³-hybridized carbons (Fsp3) is 0.500. The number of H-pyrrole nitrogens is 1. The minimum absolute atomic E-state index is 0.0576. The van der Waals surface area contributed by atoms with E-state index in [0.29, 0.717) is 12.1 Å². The van der Waals surface area contributed by atoms with Gasteiger partial charge in [-0.25, -0.2) is 18.1 Å². The van der Waals surface area contributed by atoms with Crippen LogP contribution < -0.4 is 10.0 Å². The van der Waals surface area contributed by atoms with Crippen LogP contribution in [0.15, 0.2) is 11.2 Å². The fourth-order valence-corrected chi connectivity index (χ4v) is 3.86. The minimum Gasteiger partial charge on any atom is -0.313 e. The molecule has 3 N–H and O–H groups in total. The summed E-state index contributed by atoms with van der Waals surface area (Å²) in [5.74, 6) is 0. The number of rotatable bonds is 7. The summed E-state index contributed by atoms with van der Waals surface area (Å²) in [6.45, 7) is 7.11. The molecule has 0 radical (unpaired) electrons. The molecule has 0 saturated carbocycles. The smallest absolute Gasteiger partial charge is 0.260 e. The molecule has 0 bridgehead atoms. The second kappa shape index (κ2) is 6.65. The summed E-state index contributed by atoms with van der Waals surface area (Å²) in [6, 6.07) is 0. The Morgan fingerprint density at radius 3 is 2.71 bits per heavy atom. The van der Waals surface area contributed by atoms with E-state index in [4.69, 9.17) is 0 Å². The number of aromatic nitrogens is 3. The van der Waals surface area contributed by atoms with Crippen LogP contribution in [0.5, 0.6) is 0 Å². The predicted octanol–water partition coefficient (Wildman–Crippen LogP) is 1.07.